The van der Waals surface area contributed by atoms with Gasteiger partial charge in [-0.3, -0.25) is 0 Å². The van der Waals surface area contributed by atoms with Crippen molar-refractivity contribution < 1.29 is 21.6 Å². The van der Waals surface area contributed by atoms with E-state index >= 15 is 0 Å². The summed E-state index contributed by atoms with van der Waals surface area (Å²) >= 11 is 0. The van der Waals surface area contributed by atoms with E-state index in [2.05, 4.69) is 4.72 Å². The average molecular weight is 337 g/mol. The molecule has 5 nitrogen and oxygen atoms in total. The van der Waals surface area contributed by atoms with Gasteiger partial charge in [0, 0.05) is 38.9 Å². The lowest BCUT2D eigenvalue weighted by Crippen LogP contribution is -2.43. The van der Waals surface area contributed by atoms with Crippen LogP contribution in [-0.4, -0.2) is 45.9 Å². The second-order valence-corrected chi connectivity index (χ2v) is 7.27. The summed E-state index contributed by atoms with van der Waals surface area (Å²) in [7, 11) is -0.798. The van der Waals surface area contributed by atoms with Crippen LogP contribution in [0.5, 0.6) is 0 Å². The predicted octanol–water partition coefficient (Wildman–Crippen LogP) is 1.68. The van der Waals surface area contributed by atoms with Gasteiger partial charge in [0.2, 0.25) is 0 Å². The van der Waals surface area contributed by atoms with Crippen LogP contribution in [0.2, 0.25) is 0 Å². The number of hydrogen-bond donors (Lipinski definition) is 1. The first-order chi connectivity index (χ1) is 10.1. The van der Waals surface area contributed by atoms with Crippen molar-refractivity contribution in [1.29, 1.82) is 0 Å². The SMILES string of the molecule is CN(C)S(=O)(=O)N[C@@H]1CCN(c2ccccc2C(F)(F)F)C1. The Morgan fingerprint density at radius 2 is 1.91 bits per heavy atom. The normalized spacial score (nSPS) is 19.9. The highest BCUT2D eigenvalue weighted by Crippen LogP contribution is 2.37. The first-order valence-corrected chi connectivity index (χ1v) is 8.16. The summed E-state index contributed by atoms with van der Waals surface area (Å²) in [5.41, 5.74) is -0.618. The molecule has 1 aromatic carbocycles. The Bertz CT molecular complexity index is 632. The third-order valence-electron chi connectivity index (χ3n) is 3.53. The van der Waals surface area contributed by atoms with Crippen LogP contribution >= 0.6 is 0 Å². The number of halogens is 3. The van der Waals surface area contributed by atoms with E-state index in [9.17, 15) is 21.6 Å². The molecule has 0 saturated carbocycles. The minimum absolute atomic E-state index is 0.0848. The fourth-order valence-electron chi connectivity index (χ4n) is 2.38. The molecule has 9 heteroatoms. The summed E-state index contributed by atoms with van der Waals surface area (Å²) in [5, 5.41) is 0. The van der Waals surface area contributed by atoms with Gasteiger partial charge in [-0.05, 0) is 18.6 Å². The molecular weight excluding hydrogens is 319 g/mol. The summed E-state index contributed by atoms with van der Waals surface area (Å²) in [6.07, 6.45) is -3.98. The van der Waals surface area contributed by atoms with Crippen LogP contribution in [0.3, 0.4) is 0 Å². The van der Waals surface area contributed by atoms with Gasteiger partial charge in [-0.15, -0.1) is 0 Å². The van der Waals surface area contributed by atoms with E-state index in [0.29, 0.717) is 13.0 Å². The van der Waals surface area contributed by atoms with Crippen molar-refractivity contribution in [3.05, 3.63) is 29.8 Å². The fraction of sp³-hybridized carbons (Fsp3) is 0.538. The van der Waals surface area contributed by atoms with Crippen molar-refractivity contribution in [2.75, 3.05) is 32.1 Å². The number of rotatable bonds is 4. The summed E-state index contributed by atoms with van der Waals surface area (Å²) in [4.78, 5) is 1.56. The maximum atomic E-state index is 13.0. The first-order valence-electron chi connectivity index (χ1n) is 6.72. The molecule has 0 aromatic heterocycles. The van der Waals surface area contributed by atoms with Gasteiger partial charge in [0.1, 0.15) is 0 Å². The Morgan fingerprint density at radius 1 is 1.27 bits per heavy atom. The molecule has 1 N–H and O–H groups in total. The summed E-state index contributed by atoms with van der Waals surface area (Å²) in [5.74, 6) is 0. The molecular formula is C13H18F3N3O2S. The second-order valence-electron chi connectivity index (χ2n) is 5.35. The van der Waals surface area contributed by atoms with Crippen molar-refractivity contribution >= 4 is 15.9 Å². The topological polar surface area (TPSA) is 52.7 Å². The number of para-hydroxylation sites is 1. The average Bonchev–Trinajstić information content (AvgIpc) is 2.85. The zero-order valence-corrected chi connectivity index (χ0v) is 13.1. The first kappa shape index (κ1) is 17.0. The monoisotopic (exact) mass is 337 g/mol. The molecule has 0 aliphatic carbocycles. The zero-order valence-electron chi connectivity index (χ0n) is 12.3. The molecule has 1 atom stereocenters. The molecule has 1 saturated heterocycles. The molecule has 22 heavy (non-hydrogen) atoms. The third-order valence-corrected chi connectivity index (χ3v) is 5.13. The van der Waals surface area contributed by atoms with Crippen LogP contribution in [0.4, 0.5) is 18.9 Å². The lowest BCUT2D eigenvalue weighted by Gasteiger charge is -2.23. The molecule has 0 amide bonds. The van der Waals surface area contributed by atoms with Gasteiger partial charge in [-0.2, -0.15) is 30.6 Å². The molecule has 0 bridgehead atoms. The van der Waals surface area contributed by atoms with Crippen LogP contribution < -0.4 is 9.62 Å². The van der Waals surface area contributed by atoms with Gasteiger partial charge < -0.3 is 4.90 Å². The molecule has 1 fully saturated rings. The highest BCUT2D eigenvalue weighted by molar-refractivity contribution is 7.87. The van der Waals surface area contributed by atoms with Gasteiger partial charge in [0.05, 0.1) is 5.56 Å². The summed E-state index contributed by atoms with van der Waals surface area (Å²) in [6.45, 7) is 0.577. The second kappa shape index (κ2) is 6.05. The minimum Gasteiger partial charge on any atom is -0.369 e. The minimum atomic E-state index is -4.43. The number of nitrogens with zero attached hydrogens (tertiary/aromatic N) is 2. The van der Waals surface area contributed by atoms with Crippen LogP contribution in [0, 0.1) is 0 Å². The van der Waals surface area contributed by atoms with E-state index in [1.165, 1.54) is 26.2 Å². The van der Waals surface area contributed by atoms with E-state index in [0.717, 1.165) is 10.4 Å². The van der Waals surface area contributed by atoms with Gasteiger partial charge in [-0.25, -0.2) is 0 Å². The van der Waals surface area contributed by atoms with Crippen molar-refractivity contribution in [2.24, 2.45) is 0 Å². The van der Waals surface area contributed by atoms with Crippen molar-refractivity contribution in [3.8, 4) is 0 Å². The fourth-order valence-corrected chi connectivity index (χ4v) is 3.20. The number of benzene rings is 1. The van der Waals surface area contributed by atoms with Crippen LogP contribution in [0.25, 0.3) is 0 Å². The van der Waals surface area contributed by atoms with E-state index in [-0.39, 0.29) is 12.2 Å². The van der Waals surface area contributed by atoms with Crippen molar-refractivity contribution in [2.45, 2.75) is 18.6 Å². The van der Waals surface area contributed by atoms with Gasteiger partial charge in [-0.1, -0.05) is 12.1 Å². The Morgan fingerprint density at radius 3 is 2.50 bits per heavy atom. The molecule has 1 aliphatic rings. The van der Waals surface area contributed by atoms with E-state index < -0.39 is 28.0 Å². The standard InChI is InChI=1S/C13H18F3N3O2S/c1-18(2)22(20,21)17-10-7-8-19(9-10)12-6-4-3-5-11(12)13(14,15)16/h3-6,10,17H,7-9H2,1-2H3/t10-/m1/s1. The van der Waals surface area contributed by atoms with Crippen LogP contribution in [0.1, 0.15) is 12.0 Å². The van der Waals surface area contributed by atoms with E-state index in [1.807, 2.05) is 0 Å². The predicted molar refractivity (Wildman–Crippen MR) is 77.8 cm³/mol. The maximum Gasteiger partial charge on any atom is 0.418 e. The number of hydrogen-bond acceptors (Lipinski definition) is 3. The molecule has 1 heterocycles. The highest BCUT2D eigenvalue weighted by Gasteiger charge is 2.36. The molecule has 1 aromatic rings. The van der Waals surface area contributed by atoms with E-state index in [1.54, 1.807) is 11.0 Å². The summed E-state index contributed by atoms with van der Waals surface area (Å²) in [6, 6.07) is 4.92. The zero-order chi connectivity index (χ0) is 16.5. The van der Waals surface area contributed by atoms with Crippen LogP contribution in [-0.2, 0) is 16.4 Å². The molecule has 0 unspecified atom stereocenters. The number of anilines is 1. The number of nitrogens with one attached hydrogen (secondary N) is 1. The van der Waals surface area contributed by atoms with Crippen molar-refractivity contribution in [3.63, 3.8) is 0 Å². The molecule has 2 rings (SSSR count). The molecule has 0 spiro atoms. The molecule has 1 aliphatic heterocycles. The quantitative estimate of drug-likeness (QED) is 0.909. The Labute approximate surface area is 127 Å². The Kier molecular flexibility index (Phi) is 4.69. The van der Waals surface area contributed by atoms with E-state index in [4.69, 9.17) is 0 Å². The highest BCUT2D eigenvalue weighted by atomic mass is 32.2. The smallest absolute Gasteiger partial charge is 0.369 e. The Balaban J connectivity index is 2.15. The summed E-state index contributed by atoms with van der Waals surface area (Å²) < 4.78 is 66.2. The van der Waals surface area contributed by atoms with Gasteiger partial charge in [0.15, 0.2) is 0 Å². The van der Waals surface area contributed by atoms with Crippen molar-refractivity contribution in [1.82, 2.24) is 9.03 Å². The lowest BCUT2D eigenvalue weighted by molar-refractivity contribution is -0.137. The van der Waals surface area contributed by atoms with Gasteiger partial charge >= 0.3 is 6.18 Å². The molecule has 0 radical (unpaired) electrons. The lowest BCUT2D eigenvalue weighted by atomic mass is 10.1. The third kappa shape index (κ3) is 3.71. The largest absolute Gasteiger partial charge is 0.418 e. The maximum absolute atomic E-state index is 13.0. The number of alkyl halides is 3. The van der Waals surface area contributed by atoms with Crippen LogP contribution in [0.15, 0.2) is 24.3 Å². The van der Waals surface area contributed by atoms with Gasteiger partial charge in [0.25, 0.3) is 10.2 Å². The molecule has 124 valence electrons. The Hall–Kier alpha value is -1.32.